The van der Waals surface area contributed by atoms with E-state index in [9.17, 15) is 4.79 Å². The number of hydrogen-bond acceptors (Lipinski definition) is 8. The number of para-hydroxylation sites is 1. The van der Waals surface area contributed by atoms with Gasteiger partial charge in [0.05, 0.1) is 11.9 Å². The smallest absolute Gasteiger partial charge is 0.320 e. The van der Waals surface area contributed by atoms with Gasteiger partial charge in [0, 0.05) is 31.9 Å². The molecule has 0 aliphatic carbocycles. The molecular formula is C19H21N7O2. The van der Waals surface area contributed by atoms with E-state index in [1.165, 1.54) is 0 Å². The Morgan fingerprint density at radius 3 is 2.50 bits per heavy atom. The van der Waals surface area contributed by atoms with Gasteiger partial charge in [0.15, 0.2) is 0 Å². The molecule has 0 spiro atoms. The number of aromatic nitrogens is 3. The van der Waals surface area contributed by atoms with Crippen LogP contribution in [0.25, 0.3) is 0 Å². The van der Waals surface area contributed by atoms with E-state index >= 15 is 0 Å². The summed E-state index contributed by atoms with van der Waals surface area (Å²) in [6.45, 7) is 3.90. The van der Waals surface area contributed by atoms with Crippen molar-refractivity contribution in [2.45, 2.75) is 0 Å². The molecule has 3 heterocycles. The lowest BCUT2D eigenvalue weighted by Crippen LogP contribution is -2.44. The van der Waals surface area contributed by atoms with E-state index in [0.29, 0.717) is 5.69 Å². The van der Waals surface area contributed by atoms with Crippen LogP contribution in [0.5, 0.6) is 0 Å². The lowest BCUT2D eigenvalue weighted by atomic mass is 10.3. The van der Waals surface area contributed by atoms with Crippen LogP contribution >= 0.6 is 0 Å². The van der Waals surface area contributed by atoms with E-state index in [1.54, 1.807) is 6.20 Å². The summed E-state index contributed by atoms with van der Waals surface area (Å²) in [6, 6.07) is 13.3. The fraction of sp³-hybridized carbons (Fsp3) is 0.263. The first-order valence-corrected chi connectivity index (χ1v) is 9.04. The highest BCUT2D eigenvalue weighted by atomic mass is 16.4. The second-order valence-corrected chi connectivity index (χ2v) is 6.55. The molecule has 1 aromatic carbocycles. The third-order valence-electron chi connectivity index (χ3n) is 4.48. The number of pyridine rings is 1. The Balaban J connectivity index is 1.36. The maximum absolute atomic E-state index is 12.3. The Morgan fingerprint density at radius 2 is 1.79 bits per heavy atom. The molecule has 1 saturated heterocycles. The van der Waals surface area contributed by atoms with Crippen molar-refractivity contribution in [1.82, 2.24) is 20.1 Å². The summed E-state index contributed by atoms with van der Waals surface area (Å²) < 4.78 is 5.37. The predicted molar refractivity (Wildman–Crippen MR) is 106 cm³/mol. The van der Waals surface area contributed by atoms with Crippen LogP contribution in [-0.2, 0) is 0 Å². The normalized spacial score (nSPS) is 14.7. The van der Waals surface area contributed by atoms with Crippen molar-refractivity contribution in [3.05, 3.63) is 54.6 Å². The number of carbonyl (C=O) groups excluding carboxylic acids is 1. The van der Waals surface area contributed by atoms with Gasteiger partial charge in [-0.05, 0) is 31.3 Å². The molecule has 9 nitrogen and oxygen atoms in total. The van der Waals surface area contributed by atoms with Crippen LogP contribution in [0.2, 0.25) is 0 Å². The highest BCUT2D eigenvalue weighted by Gasteiger charge is 2.17. The minimum Gasteiger partial charge on any atom is -0.399 e. The number of nitrogens with one attached hydrogen (secondary N) is 2. The molecule has 3 aromatic rings. The van der Waals surface area contributed by atoms with E-state index in [4.69, 9.17) is 4.42 Å². The molecule has 28 heavy (non-hydrogen) atoms. The molecule has 0 atom stereocenters. The maximum atomic E-state index is 12.3. The van der Waals surface area contributed by atoms with Crippen LogP contribution in [0.3, 0.4) is 0 Å². The van der Waals surface area contributed by atoms with Crippen molar-refractivity contribution < 1.29 is 9.21 Å². The van der Waals surface area contributed by atoms with Gasteiger partial charge in [-0.25, -0.2) is 4.98 Å². The number of amides is 1. The topological polar surface area (TPSA) is 99.4 Å². The highest BCUT2D eigenvalue weighted by Crippen LogP contribution is 2.18. The zero-order valence-corrected chi connectivity index (χ0v) is 15.5. The maximum Gasteiger partial charge on any atom is 0.320 e. The van der Waals surface area contributed by atoms with Gasteiger partial charge in [0.25, 0.3) is 0 Å². The molecule has 2 aromatic heterocycles. The number of hydrogen-bond donors (Lipinski definition) is 2. The van der Waals surface area contributed by atoms with E-state index < -0.39 is 5.91 Å². The van der Waals surface area contributed by atoms with Crippen molar-refractivity contribution in [3.63, 3.8) is 0 Å². The molecular weight excluding hydrogens is 358 g/mol. The van der Waals surface area contributed by atoms with Gasteiger partial charge >= 0.3 is 17.8 Å². The first kappa shape index (κ1) is 17.9. The predicted octanol–water partition coefficient (Wildman–Crippen LogP) is 2.21. The number of nitrogens with zero attached hydrogens (tertiary/aromatic N) is 5. The average Bonchev–Trinajstić information content (AvgIpc) is 3.19. The summed E-state index contributed by atoms with van der Waals surface area (Å²) in [6.07, 6.45) is 1.63. The monoisotopic (exact) mass is 379 g/mol. The zero-order valence-electron chi connectivity index (χ0n) is 15.5. The summed E-state index contributed by atoms with van der Waals surface area (Å²) in [4.78, 5) is 21.3. The Labute approximate surface area is 162 Å². The first-order chi connectivity index (χ1) is 13.7. The Morgan fingerprint density at radius 1 is 1.00 bits per heavy atom. The van der Waals surface area contributed by atoms with Crippen molar-refractivity contribution in [2.75, 3.05) is 48.8 Å². The van der Waals surface area contributed by atoms with Crippen LogP contribution < -0.4 is 15.5 Å². The van der Waals surface area contributed by atoms with Gasteiger partial charge in [-0.15, -0.1) is 5.10 Å². The average molecular weight is 379 g/mol. The molecule has 9 heteroatoms. The van der Waals surface area contributed by atoms with Gasteiger partial charge in [-0.2, -0.15) is 0 Å². The molecule has 1 aliphatic heterocycles. The van der Waals surface area contributed by atoms with E-state index in [2.05, 4.69) is 42.7 Å². The van der Waals surface area contributed by atoms with Crippen molar-refractivity contribution in [1.29, 1.82) is 0 Å². The molecule has 2 N–H and O–H groups in total. The summed E-state index contributed by atoms with van der Waals surface area (Å²) in [5.74, 6) is 0.294. The molecule has 0 unspecified atom stereocenters. The second-order valence-electron chi connectivity index (χ2n) is 6.55. The standard InChI is InChI=1S/C19H21N7O2/c1-25-9-11-26(12-10-25)16-8-7-15(13-20-16)21-17(27)18-23-24-19(28-18)22-14-5-3-2-4-6-14/h2-8,13H,9-12H2,1H3,(H,21,27)(H,22,24). The summed E-state index contributed by atoms with van der Waals surface area (Å²) in [7, 11) is 2.11. The lowest BCUT2D eigenvalue weighted by Gasteiger charge is -2.33. The van der Waals surface area contributed by atoms with Gasteiger partial charge < -0.3 is 24.9 Å². The highest BCUT2D eigenvalue weighted by molar-refractivity contribution is 6.00. The number of piperazine rings is 1. The number of rotatable bonds is 5. The van der Waals surface area contributed by atoms with E-state index in [-0.39, 0.29) is 11.9 Å². The summed E-state index contributed by atoms with van der Waals surface area (Å²) in [5.41, 5.74) is 1.36. The van der Waals surface area contributed by atoms with Crippen LogP contribution in [0.15, 0.2) is 53.1 Å². The Bertz CT molecular complexity index is 919. The first-order valence-electron chi connectivity index (χ1n) is 9.04. The van der Waals surface area contributed by atoms with Gasteiger partial charge in [-0.1, -0.05) is 23.3 Å². The molecule has 1 amide bonds. The number of benzene rings is 1. The number of carbonyl (C=O) groups is 1. The molecule has 144 valence electrons. The largest absolute Gasteiger partial charge is 0.399 e. The Kier molecular flexibility index (Phi) is 5.16. The molecule has 4 rings (SSSR count). The summed E-state index contributed by atoms with van der Waals surface area (Å²) >= 11 is 0. The minimum atomic E-state index is -0.484. The second kappa shape index (κ2) is 8.05. The van der Waals surface area contributed by atoms with Gasteiger partial charge in [0.1, 0.15) is 5.82 Å². The molecule has 0 saturated carbocycles. The quantitative estimate of drug-likeness (QED) is 0.696. The fourth-order valence-corrected chi connectivity index (χ4v) is 2.88. The molecule has 0 bridgehead atoms. The Hall–Kier alpha value is -3.46. The third-order valence-corrected chi connectivity index (χ3v) is 4.48. The van der Waals surface area contributed by atoms with Gasteiger partial charge in [-0.3, -0.25) is 4.79 Å². The lowest BCUT2D eigenvalue weighted by molar-refractivity contribution is 0.0991. The van der Waals surface area contributed by atoms with Crippen molar-refractivity contribution in [2.24, 2.45) is 0 Å². The van der Waals surface area contributed by atoms with Crippen molar-refractivity contribution in [3.8, 4) is 0 Å². The SMILES string of the molecule is CN1CCN(c2ccc(NC(=O)c3nnc(Nc4ccccc4)o3)cn2)CC1. The zero-order chi connectivity index (χ0) is 19.3. The van der Waals surface area contributed by atoms with Crippen LogP contribution in [0, 0.1) is 0 Å². The fourth-order valence-electron chi connectivity index (χ4n) is 2.88. The van der Waals surface area contributed by atoms with Crippen molar-refractivity contribution >= 4 is 29.1 Å². The molecule has 1 aliphatic rings. The molecule has 1 fully saturated rings. The number of anilines is 4. The van der Waals surface area contributed by atoms with E-state index in [0.717, 1.165) is 37.7 Å². The number of likely N-dealkylation sites (N-methyl/N-ethyl adjacent to an activating group) is 1. The van der Waals surface area contributed by atoms with Gasteiger partial charge in [0.2, 0.25) is 0 Å². The molecule has 0 radical (unpaired) electrons. The minimum absolute atomic E-state index is 0.124. The third kappa shape index (κ3) is 4.26. The van der Waals surface area contributed by atoms with Crippen LogP contribution in [-0.4, -0.2) is 59.2 Å². The van der Waals surface area contributed by atoms with Crippen LogP contribution in [0.1, 0.15) is 10.7 Å². The van der Waals surface area contributed by atoms with E-state index in [1.807, 2.05) is 42.5 Å². The summed E-state index contributed by atoms with van der Waals surface area (Å²) in [5, 5.41) is 13.3. The van der Waals surface area contributed by atoms with Crippen LogP contribution in [0.4, 0.5) is 23.2 Å².